The second-order valence-electron chi connectivity index (χ2n) is 5.83. The number of Topliss-reactive ketones (excluding diaryl/α,β-unsaturated/α-hetero) is 1. The van der Waals surface area contributed by atoms with Gasteiger partial charge in [-0.2, -0.15) is 0 Å². The van der Waals surface area contributed by atoms with Crippen LogP contribution < -0.4 is 0 Å². The van der Waals surface area contributed by atoms with Gasteiger partial charge < -0.3 is 4.57 Å². The fourth-order valence-corrected chi connectivity index (χ4v) is 2.90. The van der Waals surface area contributed by atoms with Crippen LogP contribution in [0.2, 0.25) is 0 Å². The maximum atomic E-state index is 13.5. The number of fused-ring (bicyclic) bond motifs is 1. The van der Waals surface area contributed by atoms with Crippen LogP contribution in [-0.4, -0.2) is 10.4 Å². The normalized spacial score (nSPS) is 12.8. The average molecular weight is 289 g/mol. The third-order valence-corrected chi connectivity index (χ3v) is 4.22. The van der Waals surface area contributed by atoms with Crippen molar-refractivity contribution in [2.75, 3.05) is 0 Å². The summed E-state index contributed by atoms with van der Waals surface area (Å²) in [5.74, 6) is 0.303. The maximum absolute atomic E-state index is 13.5. The Kier molecular flexibility index (Phi) is 5.16. The number of carbonyl (C=O) groups is 1. The molecule has 3 heteroatoms. The first-order valence-corrected chi connectivity index (χ1v) is 7.86. The molecule has 114 valence electrons. The number of benzene rings is 1. The molecule has 0 N–H and O–H groups in total. The molecule has 2 aromatic rings. The van der Waals surface area contributed by atoms with Crippen LogP contribution in [0.4, 0.5) is 4.39 Å². The summed E-state index contributed by atoms with van der Waals surface area (Å²) in [6.45, 7) is 6.84. The molecule has 0 aliphatic rings. The molecular formula is C18H24FNO. The van der Waals surface area contributed by atoms with Crippen molar-refractivity contribution >= 4 is 16.7 Å². The summed E-state index contributed by atoms with van der Waals surface area (Å²) < 4.78 is 15.6. The summed E-state index contributed by atoms with van der Waals surface area (Å²) in [5, 5.41) is 0.729. The van der Waals surface area contributed by atoms with Gasteiger partial charge in [-0.3, -0.25) is 4.79 Å². The van der Waals surface area contributed by atoms with E-state index in [0.29, 0.717) is 11.5 Å². The predicted octanol–water partition coefficient (Wildman–Crippen LogP) is 5.20. The Morgan fingerprint density at radius 3 is 2.71 bits per heavy atom. The molecule has 0 bridgehead atoms. The van der Waals surface area contributed by atoms with E-state index >= 15 is 0 Å². The van der Waals surface area contributed by atoms with E-state index in [2.05, 4.69) is 18.4 Å². The van der Waals surface area contributed by atoms with Gasteiger partial charge in [0.25, 0.3) is 0 Å². The molecule has 0 aliphatic heterocycles. The number of unbranched alkanes of at least 4 members (excludes halogenated alkanes) is 1. The Balaban J connectivity index is 2.37. The van der Waals surface area contributed by atoms with E-state index in [-0.39, 0.29) is 11.6 Å². The molecule has 2 rings (SSSR count). The molecule has 1 aromatic heterocycles. The number of nitrogens with zero attached hydrogens (tertiary/aromatic N) is 1. The van der Waals surface area contributed by atoms with Gasteiger partial charge in [0.1, 0.15) is 5.82 Å². The highest BCUT2D eigenvalue weighted by atomic mass is 19.1. The molecule has 1 aromatic carbocycles. The van der Waals surface area contributed by atoms with Crippen LogP contribution in [0.15, 0.2) is 24.4 Å². The number of hydrogen-bond donors (Lipinski definition) is 0. The molecule has 1 atom stereocenters. The van der Waals surface area contributed by atoms with Gasteiger partial charge in [0, 0.05) is 29.2 Å². The molecule has 0 fully saturated rings. The van der Waals surface area contributed by atoms with E-state index in [1.165, 1.54) is 31.4 Å². The van der Waals surface area contributed by atoms with E-state index in [9.17, 15) is 9.18 Å². The van der Waals surface area contributed by atoms with Gasteiger partial charge in [0.2, 0.25) is 0 Å². The first-order valence-electron chi connectivity index (χ1n) is 7.86. The Bertz CT molecular complexity index is 629. The smallest absolute Gasteiger partial charge is 0.161 e. The van der Waals surface area contributed by atoms with E-state index in [1.54, 1.807) is 13.0 Å². The van der Waals surface area contributed by atoms with Gasteiger partial charge in [-0.1, -0.05) is 33.1 Å². The first-order chi connectivity index (χ1) is 10.1. The molecule has 0 radical (unpaired) electrons. The zero-order valence-electron chi connectivity index (χ0n) is 13.2. The molecular weight excluding hydrogens is 265 g/mol. The van der Waals surface area contributed by atoms with Crippen molar-refractivity contribution in [3.63, 3.8) is 0 Å². The summed E-state index contributed by atoms with van der Waals surface area (Å²) in [6.07, 6.45) is 6.64. The van der Waals surface area contributed by atoms with Crippen molar-refractivity contribution in [2.24, 2.45) is 5.92 Å². The highest BCUT2D eigenvalue weighted by molar-refractivity contribution is 6.06. The van der Waals surface area contributed by atoms with E-state index < -0.39 is 0 Å². The van der Waals surface area contributed by atoms with Crippen LogP contribution in [-0.2, 0) is 6.54 Å². The van der Waals surface area contributed by atoms with Crippen molar-refractivity contribution < 1.29 is 9.18 Å². The summed E-state index contributed by atoms with van der Waals surface area (Å²) in [7, 11) is 0. The summed E-state index contributed by atoms with van der Waals surface area (Å²) >= 11 is 0. The minimum atomic E-state index is -0.291. The largest absolute Gasteiger partial charge is 0.346 e. The van der Waals surface area contributed by atoms with Gasteiger partial charge in [0.15, 0.2) is 5.78 Å². The lowest BCUT2D eigenvalue weighted by atomic mass is 9.99. The molecule has 0 saturated heterocycles. The number of ketones is 1. The monoisotopic (exact) mass is 289 g/mol. The van der Waals surface area contributed by atoms with Crippen molar-refractivity contribution in [1.29, 1.82) is 0 Å². The SMILES string of the molecule is CCCC[C@H](CC)Cn1cc(C(C)=O)c2cc(F)ccc21. The molecule has 0 amide bonds. The molecule has 1 heterocycles. The van der Waals surface area contributed by atoms with Crippen molar-refractivity contribution in [3.8, 4) is 0 Å². The van der Waals surface area contributed by atoms with Crippen LogP contribution in [0.3, 0.4) is 0 Å². The number of rotatable bonds is 7. The fourth-order valence-electron chi connectivity index (χ4n) is 2.90. The first kappa shape index (κ1) is 15.7. The van der Waals surface area contributed by atoms with Crippen molar-refractivity contribution in [3.05, 3.63) is 35.8 Å². The Hall–Kier alpha value is -1.64. The standard InChI is InChI=1S/C18H24FNO/c1-4-6-7-14(5-2)11-20-12-17(13(3)21)16-10-15(19)8-9-18(16)20/h8-10,12,14H,4-7,11H2,1-3H3/t14-/m0/s1. The van der Waals surface area contributed by atoms with E-state index in [0.717, 1.165) is 23.9 Å². The minimum absolute atomic E-state index is 0.00837. The highest BCUT2D eigenvalue weighted by Crippen LogP contribution is 2.25. The van der Waals surface area contributed by atoms with E-state index in [1.807, 2.05) is 6.20 Å². The molecule has 0 spiro atoms. The van der Waals surface area contributed by atoms with Crippen molar-refractivity contribution in [1.82, 2.24) is 4.57 Å². The van der Waals surface area contributed by atoms with E-state index in [4.69, 9.17) is 0 Å². The number of hydrogen-bond acceptors (Lipinski definition) is 1. The topological polar surface area (TPSA) is 22.0 Å². The Morgan fingerprint density at radius 1 is 1.33 bits per heavy atom. The third kappa shape index (κ3) is 3.52. The van der Waals surface area contributed by atoms with Crippen LogP contribution in [0.25, 0.3) is 10.9 Å². The number of halogens is 1. The summed E-state index contributed by atoms with van der Waals surface area (Å²) in [4.78, 5) is 11.8. The van der Waals surface area contributed by atoms with Crippen LogP contribution >= 0.6 is 0 Å². The lowest BCUT2D eigenvalue weighted by Crippen LogP contribution is -2.09. The molecule has 0 aliphatic carbocycles. The average Bonchev–Trinajstić information content (AvgIpc) is 2.81. The van der Waals surface area contributed by atoms with Gasteiger partial charge in [-0.15, -0.1) is 0 Å². The summed E-state index contributed by atoms with van der Waals surface area (Å²) in [6, 6.07) is 4.72. The molecule has 21 heavy (non-hydrogen) atoms. The Morgan fingerprint density at radius 2 is 2.10 bits per heavy atom. The zero-order valence-corrected chi connectivity index (χ0v) is 13.2. The van der Waals surface area contributed by atoms with Gasteiger partial charge in [0.05, 0.1) is 0 Å². The van der Waals surface area contributed by atoms with Crippen molar-refractivity contribution in [2.45, 2.75) is 53.0 Å². The second-order valence-corrected chi connectivity index (χ2v) is 5.83. The van der Waals surface area contributed by atoms with Gasteiger partial charge in [-0.05, 0) is 37.5 Å². The second kappa shape index (κ2) is 6.88. The third-order valence-electron chi connectivity index (χ3n) is 4.22. The van der Waals surface area contributed by atoms with Crippen LogP contribution in [0.5, 0.6) is 0 Å². The molecule has 0 unspecified atom stereocenters. The lowest BCUT2D eigenvalue weighted by molar-refractivity contribution is 0.101. The molecule has 2 nitrogen and oxygen atoms in total. The van der Waals surface area contributed by atoms with Crippen LogP contribution in [0, 0.1) is 11.7 Å². The quantitative estimate of drug-likeness (QED) is 0.642. The fraction of sp³-hybridized carbons (Fsp3) is 0.500. The lowest BCUT2D eigenvalue weighted by Gasteiger charge is -2.16. The maximum Gasteiger partial charge on any atom is 0.161 e. The zero-order chi connectivity index (χ0) is 15.4. The number of carbonyl (C=O) groups excluding carboxylic acids is 1. The number of aromatic nitrogens is 1. The summed E-state index contributed by atoms with van der Waals surface area (Å²) in [5.41, 5.74) is 1.58. The highest BCUT2D eigenvalue weighted by Gasteiger charge is 2.15. The van der Waals surface area contributed by atoms with Crippen LogP contribution in [0.1, 0.15) is 56.8 Å². The minimum Gasteiger partial charge on any atom is -0.346 e. The predicted molar refractivity (Wildman–Crippen MR) is 85.2 cm³/mol. The van der Waals surface area contributed by atoms with Gasteiger partial charge in [-0.25, -0.2) is 4.39 Å². The Labute approximate surface area is 126 Å². The van der Waals surface area contributed by atoms with Gasteiger partial charge >= 0.3 is 0 Å². The molecule has 0 saturated carbocycles.